The highest BCUT2D eigenvalue weighted by Gasteiger charge is 2.34. The highest BCUT2D eigenvalue weighted by atomic mass is 31.2. The van der Waals surface area contributed by atoms with Crippen molar-refractivity contribution in [1.82, 2.24) is 0 Å². The zero-order valence-electron chi connectivity index (χ0n) is 24.6. The van der Waals surface area contributed by atoms with Gasteiger partial charge in [-0.25, -0.2) is 0 Å². The molecule has 0 aromatic heterocycles. The Kier molecular flexibility index (Phi) is 8.25. The van der Waals surface area contributed by atoms with Crippen LogP contribution in [0.5, 0.6) is 28.7 Å². The van der Waals surface area contributed by atoms with Crippen molar-refractivity contribution in [3.63, 3.8) is 0 Å². The summed E-state index contributed by atoms with van der Waals surface area (Å²) >= 11 is 0. The molecule has 0 aliphatic heterocycles. The molecule has 0 fully saturated rings. The average Bonchev–Trinajstić information content (AvgIpc) is 2.98. The van der Waals surface area contributed by atoms with E-state index in [9.17, 15) is 14.8 Å². The fourth-order valence-electron chi connectivity index (χ4n) is 4.88. The molecule has 0 radical (unpaired) electrons. The second-order valence-corrected chi connectivity index (χ2v) is 12.9. The van der Waals surface area contributed by atoms with E-state index >= 15 is 0 Å². The summed E-state index contributed by atoms with van der Waals surface area (Å²) in [4.78, 5) is 0. The van der Waals surface area contributed by atoms with Crippen molar-refractivity contribution in [1.29, 1.82) is 0 Å². The van der Waals surface area contributed by atoms with Crippen LogP contribution in [0.1, 0.15) is 49.9 Å². The molecule has 43 heavy (non-hydrogen) atoms. The molecule has 0 bridgehead atoms. The largest absolute Gasteiger partial charge is 0.647 e. The third kappa shape index (κ3) is 6.87. The second kappa shape index (κ2) is 11.9. The van der Waals surface area contributed by atoms with E-state index in [0.29, 0.717) is 17.2 Å². The number of phosphoric ester groups is 1. The number of phenols is 2. The Labute approximate surface area is 252 Å². The molecule has 0 spiro atoms. The molecule has 6 nitrogen and oxygen atoms in total. The van der Waals surface area contributed by atoms with Crippen molar-refractivity contribution >= 4 is 7.82 Å². The lowest BCUT2D eigenvalue weighted by atomic mass is 9.78. The Balaban J connectivity index is 1.38. The minimum absolute atomic E-state index is 0.216. The molecule has 0 atom stereocenters. The van der Waals surface area contributed by atoms with E-state index in [4.69, 9.17) is 13.6 Å². The van der Waals surface area contributed by atoms with Crippen LogP contribution in [-0.2, 0) is 15.4 Å². The normalized spacial score (nSPS) is 12.0. The number of hydrogen-bond acceptors (Lipinski definition) is 6. The van der Waals surface area contributed by atoms with Gasteiger partial charge in [0.1, 0.15) is 28.7 Å². The molecule has 0 saturated heterocycles. The first kappa shape index (κ1) is 29.8. The Hall–Kier alpha value is -4.67. The van der Waals surface area contributed by atoms with Crippen LogP contribution in [0.15, 0.2) is 127 Å². The number of phenolic OH excluding ortho intramolecular Hbond substituents is 2. The molecule has 0 saturated carbocycles. The fraction of sp³-hybridized carbons (Fsp3) is 0.167. The highest BCUT2D eigenvalue weighted by molar-refractivity contribution is 7.49. The maximum atomic E-state index is 14.1. The molecule has 7 heteroatoms. The number of hydrogen-bond donors (Lipinski definition) is 2. The molecule has 0 amide bonds. The molecule has 5 rings (SSSR count). The Morgan fingerprint density at radius 1 is 0.442 bits per heavy atom. The van der Waals surface area contributed by atoms with Gasteiger partial charge in [-0.15, -0.1) is 0 Å². The van der Waals surface area contributed by atoms with Gasteiger partial charge in [-0.05, 0) is 82.9 Å². The molecule has 5 aromatic carbocycles. The van der Waals surface area contributed by atoms with Crippen LogP contribution in [0.25, 0.3) is 0 Å². The average molecular weight is 595 g/mol. The van der Waals surface area contributed by atoms with Gasteiger partial charge in [-0.1, -0.05) is 94.4 Å². The van der Waals surface area contributed by atoms with Gasteiger partial charge in [-0.3, -0.25) is 0 Å². The van der Waals surface area contributed by atoms with Crippen molar-refractivity contribution in [2.75, 3.05) is 0 Å². The number of benzene rings is 5. The van der Waals surface area contributed by atoms with E-state index in [1.165, 1.54) is 0 Å². The number of aromatic hydroxyl groups is 2. The predicted molar refractivity (Wildman–Crippen MR) is 169 cm³/mol. The minimum Gasteiger partial charge on any atom is -0.508 e. The molecule has 2 N–H and O–H groups in total. The molecule has 5 aromatic rings. The van der Waals surface area contributed by atoms with Gasteiger partial charge in [0.05, 0.1) is 0 Å². The fourth-order valence-corrected chi connectivity index (χ4v) is 6.13. The summed E-state index contributed by atoms with van der Waals surface area (Å²) in [5.41, 5.74) is 3.41. The summed E-state index contributed by atoms with van der Waals surface area (Å²) in [7, 11) is -4.18. The molecule has 0 aliphatic carbocycles. The van der Waals surface area contributed by atoms with E-state index in [1.807, 2.05) is 54.6 Å². The van der Waals surface area contributed by atoms with Crippen LogP contribution in [0, 0.1) is 0 Å². The summed E-state index contributed by atoms with van der Waals surface area (Å²) in [6.45, 7) is 8.37. The molecule has 220 valence electrons. The van der Waals surface area contributed by atoms with Gasteiger partial charge >= 0.3 is 7.82 Å². The van der Waals surface area contributed by atoms with Crippen molar-refractivity contribution in [3.8, 4) is 28.7 Å². The molecular weight excluding hydrogens is 559 g/mol. The number of phosphoric acid groups is 1. The Bertz CT molecular complexity index is 1590. The van der Waals surface area contributed by atoms with Gasteiger partial charge in [0.15, 0.2) is 0 Å². The van der Waals surface area contributed by atoms with E-state index in [-0.39, 0.29) is 22.3 Å². The summed E-state index contributed by atoms with van der Waals surface area (Å²) in [5, 5.41) is 19.4. The Morgan fingerprint density at radius 2 is 0.721 bits per heavy atom. The van der Waals surface area contributed by atoms with Crippen LogP contribution in [-0.4, -0.2) is 10.2 Å². The quantitative estimate of drug-likeness (QED) is 0.157. The molecule has 0 unspecified atom stereocenters. The minimum atomic E-state index is -4.18. The third-order valence-electron chi connectivity index (χ3n) is 7.72. The topological polar surface area (TPSA) is 85.2 Å². The van der Waals surface area contributed by atoms with Crippen molar-refractivity contribution in [2.45, 2.75) is 38.5 Å². The first-order valence-corrected chi connectivity index (χ1v) is 15.4. The van der Waals surface area contributed by atoms with Crippen LogP contribution < -0.4 is 13.6 Å². The van der Waals surface area contributed by atoms with Gasteiger partial charge in [0, 0.05) is 10.8 Å². The number of rotatable bonds is 10. The highest BCUT2D eigenvalue weighted by Crippen LogP contribution is 2.50. The van der Waals surface area contributed by atoms with Gasteiger partial charge < -0.3 is 23.8 Å². The summed E-state index contributed by atoms with van der Waals surface area (Å²) in [6, 6.07) is 37.6. The van der Waals surface area contributed by atoms with E-state index in [1.54, 1.807) is 72.8 Å². The Morgan fingerprint density at radius 3 is 1.05 bits per heavy atom. The van der Waals surface area contributed by atoms with Crippen LogP contribution in [0.3, 0.4) is 0 Å². The standard InChI is InChI=1S/C36H35O6P/c1-35(2,26-10-18-30(37)19-11-26)28-14-22-33(23-15-28)41-43(39,40-32-8-6-5-7-9-32)42-34-24-16-29(17-25-34)36(3,4)27-12-20-31(38)21-13-27/h5-25,37-38H,1-4H3. The summed E-state index contributed by atoms with van der Waals surface area (Å²) in [6.07, 6.45) is 0. The zero-order valence-corrected chi connectivity index (χ0v) is 25.5. The lowest BCUT2D eigenvalue weighted by molar-refractivity contribution is 0.298. The second-order valence-electron chi connectivity index (χ2n) is 11.4. The van der Waals surface area contributed by atoms with Gasteiger partial charge in [0.25, 0.3) is 0 Å². The molecule has 0 aliphatic rings. The summed E-state index contributed by atoms with van der Waals surface area (Å²) in [5.74, 6) is 1.44. The maximum Gasteiger partial charge on any atom is 0.647 e. The van der Waals surface area contributed by atoms with Crippen LogP contribution >= 0.6 is 7.82 Å². The summed E-state index contributed by atoms with van der Waals surface area (Å²) < 4.78 is 31.8. The SMILES string of the molecule is CC(C)(c1ccc(O)cc1)c1ccc(OP(=O)(Oc2ccccc2)Oc2ccc(C(C)(C)c3ccc(O)cc3)cc2)cc1. The zero-order chi connectivity index (χ0) is 30.7. The lowest BCUT2D eigenvalue weighted by Gasteiger charge is -2.27. The van der Waals surface area contributed by atoms with E-state index in [2.05, 4.69) is 27.7 Å². The van der Waals surface area contributed by atoms with E-state index in [0.717, 1.165) is 22.3 Å². The van der Waals surface area contributed by atoms with Crippen LogP contribution in [0.4, 0.5) is 0 Å². The van der Waals surface area contributed by atoms with E-state index < -0.39 is 7.82 Å². The lowest BCUT2D eigenvalue weighted by Crippen LogP contribution is -2.18. The van der Waals surface area contributed by atoms with Crippen molar-refractivity contribution in [2.24, 2.45) is 0 Å². The van der Waals surface area contributed by atoms with Crippen molar-refractivity contribution in [3.05, 3.63) is 150 Å². The molecular formula is C36H35O6P. The van der Waals surface area contributed by atoms with Gasteiger partial charge in [-0.2, -0.15) is 4.57 Å². The first-order valence-electron chi connectivity index (χ1n) is 14.0. The monoisotopic (exact) mass is 594 g/mol. The number of para-hydroxylation sites is 1. The van der Waals surface area contributed by atoms with Crippen LogP contribution in [0.2, 0.25) is 0 Å². The van der Waals surface area contributed by atoms with Gasteiger partial charge in [0.2, 0.25) is 0 Å². The third-order valence-corrected chi connectivity index (χ3v) is 9.03. The smallest absolute Gasteiger partial charge is 0.508 e. The predicted octanol–water partition coefficient (Wildman–Crippen LogP) is 9.39. The molecule has 0 heterocycles. The van der Waals surface area contributed by atoms with Crippen molar-refractivity contribution < 1.29 is 28.3 Å². The maximum absolute atomic E-state index is 14.1. The first-order chi connectivity index (χ1) is 20.4.